The maximum Gasteiger partial charge on any atom is 0.278 e. The average Bonchev–Trinajstić information content (AvgIpc) is 2.91. The van der Waals surface area contributed by atoms with Crippen molar-refractivity contribution in [3.63, 3.8) is 0 Å². The van der Waals surface area contributed by atoms with Gasteiger partial charge in [0.15, 0.2) is 11.7 Å². The predicted octanol–water partition coefficient (Wildman–Crippen LogP) is -1.35. The number of fused-ring (bicyclic) bond motifs is 1. The third kappa shape index (κ3) is 1.87. The quantitative estimate of drug-likeness (QED) is 0.533. The second kappa shape index (κ2) is 4.54. The van der Waals surface area contributed by atoms with Crippen LogP contribution < -0.4 is 11.3 Å². The molecule has 20 heavy (non-hydrogen) atoms. The highest BCUT2D eigenvalue weighted by Crippen LogP contribution is 2.30. The Morgan fingerprint density at radius 2 is 2.35 bits per heavy atom. The summed E-state index contributed by atoms with van der Waals surface area (Å²) >= 11 is 0. The molecule has 0 spiro atoms. The number of anilines is 1. The smallest absolute Gasteiger partial charge is 0.278 e. The van der Waals surface area contributed by atoms with Crippen molar-refractivity contribution >= 4 is 17.0 Å². The summed E-state index contributed by atoms with van der Waals surface area (Å²) in [5.41, 5.74) is 6.28. The normalized spacial score (nSPS) is 26.4. The summed E-state index contributed by atoms with van der Waals surface area (Å²) in [4.78, 5) is 18.5. The van der Waals surface area contributed by atoms with Crippen LogP contribution in [0.15, 0.2) is 4.79 Å². The minimum absolute atomic E-state index is 0.0192. The molecule has 9 nitrogen and oxygen atoms in total. The summed E-state index contributed by atoms with van der Waals surface area (Å²) in [6.07, 6.45) is -1.86. The van der Waals surface area contributed by atoms with Crippen molar-refractivity contribution in [1.82, 2.24) is 19.7 Å². The number of nitrogens with two attached hydrogens (primary N) is 1. The van der Waals surface area contributed by atoms with Crippen LogP contribution in [0.1, 0.15) is 18.3 Å². The van der Waals surface area contributed by atoms with E-state index in [0.29, 0.717) is 11.2 Å². The lowest BCUT2D eigenvalue weighted by Gasteiger charge is -2.12. The van der Waals surface area contributed by atoms with Gasteiger partial charge < -0.3 is 20.7 Å². The van der Waals surface area contributed by atoms with Crippen LogP contribution in [-0.2, 0) is 4.74 Å². The zero-order valence-electron chi connectivity index (χ0n) is 10.8. The first-order valence-electron chi connectivity index (χ1n) is 6.20. The third-order valence-corrected chi connectivity index (χ3v) is 3.40. The van der Waals surface area contributed by atoms with Gasteiger partial charge in [0.2, 0.25) is 5.95 Å². The fourth-order valence-electron chi connectivity index (χ4n) is 2.45. The van der Waals surface area contributed by atoms with Crippen molar-refractivity contribution in [3.05, 3.63) is 16.0 Å². The Bertz CT molecular complexity index is 709. The number of aliphatic hydroxyl groups excluding tert-OH is 2. The third-order valence-electron chi connectivity index (χ3n) is 3.40. The number of aromatic amines is 1. The maximum absolute atomic E-state index is 12.0. The molecule has 0 radical (unpaired) electrons. The molecule has 1 aliphatic heterocycles. The lowest BCUT2D eigenvalue weighted by molar-refractivity contribution is -0.0470. The Balaban J connectivity index is 2.12. The molecule has 1 fully saturated rings. The van der Waals surface area contributed by atoms with Crippen molar-refractivity contribution in [2.75, 3.05) is 12.3 Å². The van der Waals surface area contributed by atoms with Gasteiger partial charge in [-0.15, -0.1) is 0 Å². The van der Waals surface area contributed by atoms with Crippen molar-refractivity contribution < 1.29 is 14.9 Å². The summed E-state index contributed by atoms with van der Waals surface area (Å²) in [5, 5.41) is 23.1. The number of aromatic nitrogens is 4. The van der Waals surface area contributed by atoms with Gasteiger partial charge in [-0.2, -0.15) is 5.10 Å². The molecule has 2 aromatic heterocycles. The molecular weight excluding hydrogens is 266 g/mol. The van der Waals surface area contributed by atoms with Crippen LogP contribution in [0.25, 0.3) is 11.0 Å². The number of nitrogens with zero attached hydrogens (tertiary/aromatic N) is 3. The van der Waals surface area contributed by atoms with E-state index in [1.807, 2.05) is 0 Å². The molecule has 3 rings (SSSR count). The van der Waals surface area contributed by atoms with Crippen molar-refractivity contribution in [2.24, 2.45) is 0 Å². The largest absolute Gasteiger partial charge is 0.394 e. The van der Waals surface area contributed by atoms with E-state index in [1.165, 1.54) is 4.68 Å². The predicted molar refractivity (Wildman–Crippen MR) is 68.9 cm³/mol. The molecule has 5 N–H and O–H groups in total. The number of H-pyrrole nitrogens is 1. The van der Waals surface area contributed by atoms with Crippen LogP contribution in [0.3, 0.4) is 0 Å². The van der Waals surface area contributed by atoms with Crippen LogP contribution in [0.2, 0.25) is 0 Å². The standard InChI is InChI=1S/C11H15N5O4/c1-4-8-9(10(19)14-11(12)13-8)16(15-4)7-2-5(18)6(3-17)20-7/h5-7,17-18H,2-3H2,1H3,(H3,12,13,14,19)/t5-,6+,7+/m0/s1. The van der Waals surface area contributed by atoms with Gasteiger partial charge in [-0.05, 0) is 6.92 Å². The van der Waals surface area contributed by atoms with E-state index < -0.39 is 24.0 Å². The van der Waals surface area contributed by atoms with Crippen molar-refractivity contribution in [1.29, 1.82) is 0 Å². The van der Waals surface area contributed by atoms with E-state index in [-0.39, 0.29) is 24.5 Å². The monoisotopic (exact) mass is 281 g/mol. The molecule has 3 heterocycles. The summed E-state index contributed by atoms with van der Waals surface area (Å²) < 4.78 is 6.89. The Morgan fingerprint density at radius 1 is 1.60 bits per heavy atom. The lowest BCUT2D eigenvalue weighted by Crippen LogP contribution is -2.24. The van der Waals surface area contributed by atoms with Crippen LogP contribution >= 0.6 is 0 Å². The first-order chi connectivity index (χ1) is 9.51. The second-order valence-electron chi connectivity index (χ2n) is 4.79. The van der Waals surface area contributed by atoms with E-state index in [9.17, 15) is 9.90 Å². The first kappa shape index (κ1) is 13.0. The molecule has 0 amide bonds. The van der Waals surface area contributed by atoms with Gasteiger partial charge >= 0.3 is 0 Å². The molecular formula is C11H15N5O4. The number of hydrogen-bond acceptors (Lipinski definition) is 7. The van der Waals surface area contributed by atoms with E-state index >= 15 is 0 Å². The molecule has 2 aromatic rings. The van der Waals surface area contributed by atoms with Crippen molar-refractivity contribution in [3.8, 4) is 0 Å². The number of nitrogen functional groups attached to an aromatic ring is 1. The highest BCUT2D eigenvalue weighted by molar-refractivity contribution is 5.77. The van der Waals surface area contributed by atoms with Gasteiger partial charge in [0.25, 0.3) is 5.56 Å². The zero-order valence-corrected chi connectivity index (χ0v) is 10.8. The highest BCUT2D eigenvalue weighted by atomic mass is 16.5. The van der Waals surface area contributed by atoms with E-state index in [1.54, 1.807) is 6.92 Å². The number of aryl methyl sites for hydroxylation is 1. The molecule has 0 saturated carbocycles. The van der Waals surface area contributed by atoms with Crippen LogP contribution in [0.5, 0.6) is 0 Å². The summed E-state index contributed by atoms with van der Waals surface area (Å²) in [5.74, 6) is 0.0192. The molecule has 0 bridgehead atoms. The number of aliphatic hydroxyl groups is 2. The molecule has 3 atom stereocenters. The van der Waals surface area contributed by atoms with Gasteiger partial charge in [-0.3, -0.25) is 9.78 Å². The number of ether oxygens (including phenoxy) is 1. The molecule has 0 aliphatic carbocycles. The number of nitrogens with one attached hydrogen (secondary N) is 1. The summed E-state index contributed by atoms with van der Waals surface area (Å²) in [6.45, 7) is 1.41. The van der Waals surface area contributed by atoms with Crippen LogP contribution in [0.4, 0.5) is 5.95 Å². The minimum Gasteiger partial charge on any atom is -0.394 e. The first-order valence-corrected chi connectivity index (χ1v) is 6.20. The van der Waals surface area contributed by atoms with Crippen molar-refractivity contribution in [2.45, 2.75) is 31.8 Å². The molecule has 1 aliphatic rings. The molecule has 108 valence electrons. The molecule has 0 unspecified atom stereocenters. The van der Waals surface area contributed by atoms with Gasteiger partial charge in [0, 0.05) is 6.42 Å². The van der Waals surface area contributed by atoms with Crippen LogP contribution in [0, 0.1) is 6.92 Å². The Labute approximate surface area is 113 Å². The van der Waals surface area contributed by atoms with E-state index in [2.05, 4.69) is 15.1 Å². The number of hydrogen-bond donors (Lipinski definition) is 4. The summed E-state index contributed by atoms with van der Waals surface area (Å²) in [6, 6.07) is 0. The number of rotatable bonds is 2. The fraction of sp³-hybridized carbons (Fsp3) is 0.545. The maximum atomic E-state index is 12.0. The van der Waals surface area contributed by atoms with Crippen LogP contribution in [-0.4, -0.2) is 48.8 Å². The molecule has 9 heteroatoms. The topological polar surface area (TPSA) is 139 Å². The van der Waals surface area contributed by atoms with Gasteiger partial charge in [-0.25, -0.2) is 9.67 Å². The SMILES string of the molecule is Cc1nn([C@H]2C[C@H](O)[C@@H](CO)O2)c2c(=O)[nH]c(N)nc12. The Kier molecular flexibility index (Phi) is 2.96. The van der Waals surface area contributed by atoms with E-state index in [4.69, 9.17) is 15.6 Å². The molecule has 0 aromatic carbocycles. The lowest BCUT2D eigenvalue weighted by atomic mass is 10.2. The second-order valence-corrected chi connectivity index (χ2v) is 4.79. The Morgan fingerprint density at radius 3 is 3.00 bits per heavy atom. The molecule has 1 saturated heterocycles. The highest BCUT2D eigenvalue weighted by Gasteiger charge is 2.36. The van der Waals surface area contributed by atoms with Gasteiger partial charge in [0.05, 0.1) is 18.4 Å². The van der Waals surface area contributed by atoms with Gasteiger partial charge in [0.1, 0.15) is 11.6 Å². The van der Waals surface area contributed by atoms with Gasteiger partial charge in [-0.1, -0.05) is 0 Å². The average molecular weight is 281 g/mol. The fourth-order valence-corrected chi connectivity index (χ4v) is 2.45. The zero-order chi connectivity index (χ0) is 14.4. The Hall–Kier alpha value is -1.97. The van der Waals surface area contributed by atoms with E-state index in [0.717, 1.165) is 0 Å². The summed E-state index contributed by atoms with van der Waals surface area (Å²) in [7, 11) is 0. The minimum atomic E-state index is -0.801.